The van der Waals surface area contributed by atoms with E-state index in [1.165, 1.54) is 11.8 Å². The molecule has 4 rings (SSSR count). The fourth-order valence-corrected chi connectivity index (χ4v) is 4.10. The molecule has 136 valence electrons. The second-order valence-electron chi connectivity index (χ2n) is 6.22. The van der Waals surface area contributed by atoms with E-state index in [2.05, 4.69) is 15.2 Å². The van der Waals surface area contributed by atoms with Crippen molar-refractivity contribution in [1.29, 1.82) is 0 Å². The maximum absolute atomic E-state index is 12.9. The number of H-pyrrole nitrogens is 1. The Balaban J connectivity index is 1.59. The zero-order chi connectivity index (χ0) is 19.0. The number of Topliss-reactive ketones (excluding diaryl/α,β-unsaturated/α-hetero) is 1. The minimum Gasteiger partial charge on any atom is -0.360 e. The Labute approximate surface area is 165 Å². The third-order valence-corrected chi connectivity index (χ3v) is 5.92. The number of para-hydroxylation sites is 1. The summed E-state index contributed by atoms with van der Waals surface area (Å²) in [5.74, 6) is 0.731. The Kier molecular flexibility index (Phi) is 4.76. The van der Waals surface area contributed by atoms with Crippen LogP contribution in [0.3, 0.4) is 0 Å². The molecule has 0 bridgehead atoms. The molecule has 27 heavy (non-hydrogen) atoms. The molecule has 0 saturated carbocycles. The Bertz CT molecular complexity index is 1130. The lowest BCUT2D eigenvalue weighted by molar-refractivity contribution is 0.0995. The smallest absolute Gasteiger partial charge is 0.191 e. The number of nitrogens with one attached hydrogen (secondary N) is 1. The first-order chi connectivity index (χ1) is 13.1. The number of hydrogen-bond donors (Lipinski definition) is 1. The predicted octanol–water partition coefficient (Wildman–Crippen LogP) is 4.98. The number of carbonyl (C=O) groups excluding carboxylic acids is 1. The highest BCUT2D eigenvalue weighted by Crippen LogP contribution is 2.31. The molecule has 5 nitrogen and oxygen atoms in total. The van der Waals surface area contributed by atoms with Gasteiger partial charge in [-0.05, 0) is 25.1 Å². The minimum absolute atomic E-state index is 0.0553. The van der Waals surface area contributed by atoms with Gasteiger partial charge in [0.25, 0.3) is 0 Å². The molecule has 2 aromatic carbocycles. The van der Waals surface area contributed by atoms with Crippen LogP contribution in [-0.2, 0) is 7.05 Å². The monoisotopic (exact) mass is 396 g/mol. The second kappa shape index (κ2) is 7.21. The standard InChI is InChI=1S/C20H17ClN4OS/c1-12(18(26)15-11-22-17-10-6-4-7-13(15)17)27-20-24-23-19(25(20)2)14-8-3-5-9-16(14)21/h3-12,22H,1-2H3/t12-/m0/s1. The van der Waals surface area contributed by atoms with Gasteiger partial charge in [0.2, 0.25) is 0 Å². The van der Waals surface area contributed by atoms with E-state index in [4.69, 9.17) is 11.6 Å². The van der Waals surface area contributed by atoms with Crippen molar-refractivity contribution in [3.8, 4) is 11.4 Å². The maximum Gasteiger partial charge on any atom is 0.191 e. The summed E-state index contributed by atoms with van der Waals surface area (Å²) in [6.45, 7) is 1.89. The molecule has 2 aromatic heterocycles. The van der Waals surface area contributed by atoms with Crippen LogP contribution >= 0.6 is 23.4 Å². The van der Waals surface area contributed by atoms with Crippen LogP contribution in [0.15, 0.2) is 59.9 Å². The van der Waals surface area contributed by atoms with Crippen molar-refractivity contribution in [3.63, 3.8) is 0 Å². The summed E-state index contributed by atoms with van der Waals surface area (Å²) in [6.07, 6.45) is 1.77. The number of ketones is 1. The van der Waals surface area contributed by atoms with Crippen LogP contribution in [0.2, 0.25) is 5.02 Å². The molecule has 0 amide bonds. The highest BCUT2D eigenvalue weighted by molar-refractivity contribution is 8.00. The lowest BCUT2D eigenvalue weighted by Gasteiger charge is -2.10. The highest BCUT2D eigenvalue weighted by Gasteiger charge is 2.23. The first-order valence-corrected chi connectivity index (χ1v) is 9.73. The number of rotatable bonds is 5. The number of aromatic amines is 1. The zero-order valence-corrected chi connectivity index (χ0v) is 16.4. The van der Waals surface area contributed by atoms with Crippen LogP contribution in [0.5, 0.6) is 0 Å². The summed E-state index contributed by atoms with van der Waals surface area (Å²) >= 11 is 7.66. The number of carbonyl (C=O) groups is 1. The Morgan fingerprint density at radius 3 is 2.70 bits per heavy atom. The molecular formula is C20H17ClN4OS. The zero-order valence-electron chi connectivity index (χ0n) is 14.8. The molecule has 0 fully saturated rings. The van der Waals surface area contributed by atoms with Crippen molar-refractivity contribution in [3.05, 3.63) is 65.3 Å². The van der Waals surface area contributed by atoms with Gasteiger partial charge in [-0.1, -0.05) is 53.7 Å². The average molecular weight is 397 g/mol. The molecule has 4 aromatic rings. The van der Waals surface area contributed by atoms with Crippen molar-refractivity contribution < 1.29 is 4.79 Å². The summed E-state index contributed by atoms with van der Waals surface area (Å²) in [7, 11) is 1.88. The van der Waals surface area contributed by atoms with E-state index in [1.807, 2.05) is 67.1 Å². The third kappa shape index (κ3) is 3.26. The van der Waals surface area contributed by atoms with E-state index in [-0.39, 0.29) is 11.0 Å². The average Bonchev–Trinajstić information content (AvgIpc) is 3.26. The van der Waals surface area contributed by atoms with Gasteiger partial charge in [-0.2, -0.15) is 0 Å². The second-order valence-corrected chi connectivity index (χ2v) is 7.93. The van der Waals surface area contributed by atoms with E-state index in [0.717, 1.165) is 16.5 Å². The number of hydrogen-bond acceptors (Lipinski definition) is 4. The van der Waals surface area contributed by atoms with E-state index < -0.39 is 0 Å². The van der Waals surface area contributed by atoms with Crippen LogP contribution in [-0.4, -0.2) is 30.8 Å². The Morgan fingerprint density at radius 2 is 1.89 bits per heavy atom. The molecule has 0 saturated heterocycles. The molecule has 0 radical (unpaired) electrons. The van der Waals surface area contributed by atoms with Crippen molar-refractivity contribution in [2.45, 2.75) is 17.3 Å². The lowest BCUT2D eigenvalue weighted by atomic mass is 10.1. The fourth-order valence-electron chi connectivity index (χ4n) is 3.00. The molecule has 0 aliphatic heterocycles. The Morgan fingerprint density at radius 1 is 1.15 bits per heavy atom. The maximum atomic E-state index is 12.9. The topological polar surface area (TPSA) is 63.6 Å². The first kappa shape index (κ1) is 17.8. The highest BCUT2D eigenvalue weighted by atomic mass is 35.5. The number of nitrogens with zero attached hydrogens (tertiary/aromatic N) is 3. The minimum atomic E-state index is -0.300. The van der Waals surface area contributed by atoms with E-state index in [1.54, 1.807) is 6.20 Å². The largest absolute Gasteiger partial charge is 0.360 e. The molecule has 1 atom stereocenters. The van der Waals surface area contributed by atoms with Crippen molar-refractivity contribution >= 4 is 40.0 Å². The van der Waals surface area contributed by atoms with Crippen LogP contribution < -0.4 is 0 Å². The summed E-state index contributed by atoms with van der Waals surface area (Å²) in [6, 6.07) is 15.3. The van der Waals surface area contributed by atoms with Crippen molar-refractivity contribution in [1.82, 2.24) is 19.7 Å². The summed E-state index contributed by atoms with van der Waals surface area (Å²) < 4.78 is 1.87. The van der Waals surface area contributed by atoms with Gasteiger partial charge in [-0.3, -0.25) is 4.79 Å². The number of fused-ring (bicyclic) bond motifs is 1. The normalized spacial score (nSPS) is 12.4. The lowest BCUT2D eigenvalue weighted by Crippen LogP contribution is -2.14. The van der Waals surface area contributed by atoms with Crippen molar-refractivity contribution in [2.75, 3.05) is 0 Å². The summed E-state index contributed by atoms with van der Waals surface area (Å²) in [4.78, 5) is 16.1. The summed E-state index contributed by atoms with van der Waals surface area (Å²) in [5.41, 5.74) is 2.47. The third-order valence-electron chi connectivity index (χ3n) is 4.46. The predicted molar refractivity (Wildman–Crippen MR) is 109 cm³/mol. The van der Waals surface area contributed by atoms with Crippen molar-refractivity contribution in [2.24, 2.45) is 7.05 Å². The fraction of sp³-hybridized carbons (Fsp3) is 0.150. The molecule has 0 aliphatic carbocycles. The molecular weight excluding hydrogens is 380 g/mol. The molecule has 0 aliphatic rings. The number of thioether (sulfide) groups is 1. The van der Waals surface area contributed by atoms with Gasteiger partial charge in [-0.25, -0.2) is 0 Å². The molecule has 1 N–H and O–H groups in total. The van der Waals surface area contributed by atoms with Crippen LogP contribution in [0, 0.1) is 0 Å². The van der Waals surface area contributed by atoms with E-state index >= 15 is 0 Å². The van der Waals surface area contributed by atoms with Gasteiger partial charge >= 0.3 is 0 Å². The van der Waals surface area contributed by atoms with Crippen LogP contribution in [0.4, 0.5) is 0 Å². The number of aromatic nitrogens is 4. The van der Waals surface area contributed by atoms with Crippen LogP contribution in [0.25, 0.3) is 22.3 Å². The van der Waals surface area contributed by atoms with Gasteiger partial charge < -0.3 is 9.55 Å². The van der Waals surface area contributed by atoms with E-state index in [0.29, 0.717) is 21.6 Å². The Hall–Kier alpha value is -2.57. The van der Waals surface area contributed by atoms with Gasteiger partial charge in [0.1, 0.15) is 0 Å². The van der Waals surface area contributed by atoms with Gasteiger partial charge in [0.15, 0.2) is 16.8 Å². The van der Waals surface area contributed by atoms with E-state index in [9.17, 15) is 4.79 Å². The number of benzene rings is 2. The van der Waals surface area contributed by atoms with Crippen LogP contribution in [0.1, 0.15) is 17.3 Å². The first-order valence-electron chi connectivity index (χ1n) is 8.47. The SMILES string of the molecule is C[C@H](Sc1nnc(-c2ccccc2Cl)n1C)C(=O)c1c[nH]c2ccccc12. The number of halogens is 1. The molecule has 0 unspecified atom stereocenters. The van der Waals surface area contributed by atoms with Gasteiger partial charge in [-0.15, -0.1) is 10.2 Å². The van der Waals surface area contributed by atoms with Gasteiger partial charge in [0, 0.05) is 35.3 Å². The molecule has 7 heteroatoms. The summed E-state index contributed by atoms with van der Waals surface area (Å²) in [5, 5.41) is 10.4. The van der Waals surface area contributed by atoms with Gasteiger partial charge in [0.05, 0.1) is 10.3 Å². The molecule has 2 heterocycles. The molecule has 0 spiro atoms. The quantitative estimate of drug-likeness (QED) is 0.381.